The minimum absolute atomic E-state index is 0.0115. The number of aliphatic hydroxyl groups excluding tert-OH is 1. The highest BCUT2D eigenvalue weighted by atomic mass is 32.2. The van der Waals surface area contributed by atoms with Gasteiger partial charge in [0.1, 0.15) is 0 Å². The average molecular weight is 282 g/mol. The number of para-hydroxylation sites is 1. The molecule has 19 heavy (non-hydrogen) atoms. The van der Waals surface area contributed by atoms with Crippen molar-refractivity contribution in [2.45, 2.75) is 24.6 Å². The molecule has 2 heterocycles. The fourth-order valence-corrected chi connectivity index (χ4v) is 4.87. The van der Waals surface area contributed by atoms with Gasteiger partial charge in [0.25, 0.3) is 0 Å². The molecule has 2 aliphatic heterocycles. The number of nitrogens with zero attached hydrogens (tertiary/aromatic N) is 1. The first-order chi connectivity index (χ1) is 8.98. The Morgan fingerprint density at radius 2 is 2.00 bits per heavy atom. The quantitative estimate of drug-likeness (QED) is 0.760. The monoisotopic (exact) mass is 282 g/mol. The second-order valence-electron chi connectivity index (χ2n) is 5.36. The minimum atomic E-state index is -3.13. The Balaban J connectivity index is 1.97. The van der Waals surface area contributed by atoms with Crippen molar-refractivity contribution in [3.05, 3.63) is 29.8 Å². The number of rotatable bonds is 1. The Kier molecular flexibility index (Phi) is 3.03. The van der Waals surface area contributed by atoms with Crippen LogP contribution in [0.5, 0.6) is 0 Å². The van der Waals surface area contributed by atoms with Gasteiger partial charge in [0.15, 0.2) is 9.84 Å². The maximum atomic E-state index is 11.7. The van der Waals surface area contributed by atoms with Crippen LogP contribution in [0.15, 0.2) is 24.3 Å². The number of hydrogen-bond donors (Lipinski definition) is 2. The molecule has 104 valence electrons. The molecule has 3 unspecified atom stereocenters. The minimum Gasteiger partial charge on any atom is -0.390 e. The van der Waals surface area contributed by atoms with E-state index in [-0.39, 0.29) is 23.6 Å². The van der Waals surface area contributed by atoms with Crippen LogP contribution in [0.4, 0.5) is 5.69 Å². The lowest BCUT2D eigenvalue weighted by molar-refractivity contribution is 0.177. The van der Waals surface area contributed by atoms with Gasteiger partial charge in [-0.2, -0.15) is 0 Å². The molecule has 6 heteroatoms. The summed E-state index contributed by atoms with van der Waals surface area (Å²) in [7, 11) is -3.13. The summed E-state index contributed by atoms with van der Waals surface area (Å²) in [5.41, 5.74) is 8.08. The number of sulfone groups is 1. The molecule has 1 aromatic carbocycles. The maximum Gasteiger partial charge on any atom is 0.155 e. The molecule has 3 N–H and O–H groups in total. The van der Waals surface area contributed by atoms with E-state index in [9.17, 15) is 13.5 Å². The molecule has 3 atom stereocenters. The third-order valence-corrected chi connectivity index (χ3v) is 5.72. The van der Waals surface area contributed by atoms with Gasteiger partial charge in [-0.1, -0.05) is 18.2 Å². The first-order valence-corrected chi connectivity index (χ1v) is 8.30. The number of fused-ring (bicyclic) bond motifs is 1. The zero-order valence-corrected chi connectivity index (χ0v) is 11.4. The van der Waals surface area contributed by atoms with Gasteiger partial charge in [-0.3, -0.25) is 0 Å². The molecule has 1 aromatic rings. The molecule has 1 saturated heterocycles. The van der Waals surface area contributed by atoms with Gasteiger partial charge in [0, 0.05) is 18.3 Å². The van der Waals surface area contributed by atoms with E-state index in [1.54, 1.807) is 0 Å². The van der Waals surface area contributed by atoms with E-state index in [1.807, 2.05) is 29.2 Å². The standard InChI is InChI=1S/C13H18N2O3S/c14-10-5-6-15(11-4-2-1-3-9(10)11)12-7-19(17,18)8-13(12)16/h1-4,10,12-13,16H,5-8,14H2. The van der Waals surface area contributed by atoms with Crippen LogP contribution >= 0.6 is 0 Å². The van der Waals surface area contributed by atoms with Gasteiger partial charge >= 0.3 is 0 Å². The Bertz CT molecular complexity index is 587. The second kappa shape index (κ2) is 4.47. The molecule has 1 fully saturated rings. The molecule has 0 spiro atoms. The van der Waals surface area contributed by atoms with Crippen LogP contribution in [0, 0.1) is 0 Å². The van der Waals surface area contributed by atoms with Crippen molar-refractivity contribution in [3.63, 3.8) is 0 Å². The molecule has 0 saturated carbocycles. The van der Waals surface area contributed by atoms with E-state index in [0.29, 0.717) is 6.54 Å². The maximum absolute atomic E-state index is 11.7. The Labute approximate surface area is 112 Å². The number of aliphatic hydroxyl groups is 1. The van der Waals surface area contributed by atoms with E-state index in [2.05, 4.69) is 0 Å². The summed E-state index contributed by atoms with van der Waals surface area (Å²) in [5.74, 6) is -0.111. The molecular formula is C13H18N2O3S. The predicted octanol–water partition coefficient (Wildman–Crippen LogP) is 0.0544. The van der Waals surface area contributed by atoms with Crippen molar-refractivity contribution < 1.29 is 13.5 Å². The average Bonchev–Trinajstić information content (AvgIpc) is 2.64. The van der Waals surface area contributed by atoms with Crippen LogP contribution in [0.3, 0.4) is 0 Å². The molecule has 2 aliphatic rings. The summed E-state index contributed by atoms with van der Waals surface area (Å²) in [6, 6.07) is 7.42. The van der Waals surface area contributed by atoms with E-state index in [1.165, 1.54) is 0 Å². The zero-order chi connectivity index (χ0) is 13.6. The van der Waals surface area contributed by atoms with E-state index >= 15 is 0 Å². The van der Waals surface area contributed by atoms with Gasteiger partial charge in [-0.25, -0.2) is 8.42 Å². The first-order valence-electron chi connectivity index (χ1n) is 6.47. The molecule has 0 bridgehead atoms. The highest BCUT2D eigenvalue weighted by molar-refractivity contribution is 7.91. The normalized spacial score (nSPS) is 33.2. The van der Waals surface area contributed by atoms with Gasteiger partial charge in [-0.05, 0) is 18.1 Å². The number of anilines is 1. The smallest absolute Gasteiger partial charge is 0.155 e. The van der Waals surface area contributed by atoms with Crippen LogP contribution < -0.4 is 10.6 Å². The largest absolute Gasteiger partial charge is 0.390 e. The van der Waals surface area contributed by atoms with Gasteiger partial charge in [0.2, 0.25) is 0 Å². The van der Waals surface area contributed by atoms with Crippen LogP contribution in [0.1, 0.15) is 18.0 Å². The van der Waals surface area contributed by atoms with E-state index in [0.717, 1.165) is 17.7 Å². The predicted molar refractivity (Wildman–Crippen MR) is 73.8 cm³/mol. The summed E-state index contributed by atoms with van der Waals surface area (Å²) in [4.78, 5) is 2.01. The first kappa shape index (κ1) is 12.9. The van der Waals surface area contributed by atoms with Crippen molar-refractivity contribution >= 4 is 15.5 Å². The van der Waals surface area contributed by atoms with Crippen LogP contribution in [-0.2, 0) is 9.84 Å². The van der Waals surface area contributed by atoms with Gasteiger partial charge in [0.05, 0.1) is 23.7 Å². The number of nitrogens with two attached hydrogens (primary N) is 1. The fraction of sp³-hybridized carbons (Fsp3) is 0.538. The zero-order valence-electron chi connectivity index (χ0n) is 10.6. The summed E-state index contributed by atoms with van der Waals surface area (Å²) in [5, 5.41) is 10.0. The van der Waals surface area contributed by atoms with Crippen LogP contribution in [0.2, 0.25) is 0 Å². The van der Waals surface area contributed by atoms with E-state index in [4.69, 9.17) is 5.73 Å². The Hall–Kier alpha value is -1.11. The number of hydrogen-bond acceptors (Lipinski definition) is 5. The number of benzene rings is 1. The third kappa shape index (κ3) is 2.24. The van der Waals surface area contributed by atoms with Gasteiger partial charge < -0.3 is 15.7 Å². The third-order valence-electron chi connectivity index (χ3n) is 4.02. The lowest BCUT2D eigenvalue weighted by Crippen LogP contribution is -2.47. The van der Waals surface area contributed by atoms with Crippen molar-refractivity contribution in [2.75, 3.05) is 23.0 Å². The lowest BCUT2D eigenvalue weighted by atomic mass is 9.95. The van der Waals surface area contributed by atoms with Crippen molar-refractivity contribution in [1.82, 2.24) is 0 Å². The molecule has 3 rings (SSSR count). The van der Waals surface area contributed by atoms with Crippen molar-refractivity contribution in [1.29, 1.82) is 0 Å². The van der Waals surface area contributed by atoms with Crippen LogP contribution in [-0.4, -0.2) is 43.7 Å². The summed E-state index contributed by atoms with van der Waals surface area (Å²) < 4.78 is 23.3. The summed E-state index contributed by atoms with van der Waals surface area (Å²) in [6.07, 6.45) is -0.0346. The molecule has 0 aliphatic carbocycles. The summed E-state index contributed by atoms with van der Waals surface area (Å²) >= 11 is 0. The summed E-state index contributed by atoms with van der Waals surface area (Å²) in [6.45, 7) is 0.690. The topological polar surface area (TPSA) is 83.6 Å². The van der Waals surface area contributed by atoms with Gasteiger partial charge in [-0.15, -0.1) is 0 Å². The van der Waals surface area contributed by atoms with Crippen molar-refractivity contribution in [3.8, 4) is 0 Å². The second-order valence-corrected chi connectivity index (χ2v) is 7.51. The molecule has 5 nitrogen and oxygen atoms in total. The fourth-order valence-electron chi connectivity index (χ4n) is 3.07. The molecule has 0 aromatic heterocycles. The molecule has 0 radical (unpaired) electrons. The SMILES string of the molecule is NC1CCN(C2CS(=O)(=O)CC2O)c2ccccc21. The molecular weight excluding hydrogens is 264 g/mol. The Morgan fingerprint density at radius 3 is 2.68 bits per heavy atom. The molecule has 0 amide bonds. The highest BCUT2D eigenvalue weighted by Crippen LogP contribution is 2.35. The highest BCUT2D eigenvalue weighted by Gasteiger charge is 2.41. The van der Waals surface area contributed by atoms with Crippen molar-refractivity contribution in [2.24, 2.45) is 5.73 Å². The Morgan fingerprint density at radius 1 is 1.26 bits per heavy atom. The van der Waals surface area contributed by atoms with Crippen LogP contribution in [0.25, 0.3) is 0 Å². The van der Waals surface area contributed by atoms with E-state index < -0.39 is 15.9 Å². The lowest BCUT2D eigenvalue weighted by Gasteiger charge is -2.39.